The van der Waals surface area contributed by atoms with E-state index < -0.39 is 6.16 Å². The van der Waals surface area contributed by atoms with E-state index in [9.17, 15) is 4.79 Å². The van der Waals surface area contributed by atoms with Crippen molar-refractivity contribution in [1.29, 1.82) is 0 Å². The highest BCUT2D eigenvalue weighted by molar-refractivity contribution is 6.31. The number of anilines is 1. The van der Waals surface area contributed by atoms with Gasteiger partial charge in [-0.05, 0) is 67.1 Å². The molecule has 2 atom stereocenters. The first-order valence-corrected chi connectivity index (χ1v) is 10.5. The zero-order valence-electron chi connectivity index (χ0n) is 17.2. The van der Waals surface area contributed by atoms with Crippen LogP contribution < -0.4 is 5.32 Å². The summed E-state index contributed by atoms with van der Waals surface area (Å²) < 4.78 is 4.91. The molecule has 2 aromatic carbocycles. The number of halogens is 1. The highest BCUT2D eigenvalue weighted by Crippen LogP contribution is 2.28. The van der Waals surface area contributed by atoms with Gasteiger partial charge in [0.2, 0.25) is 0 Å². The van der Waals surface area contributed by atoms with Crippen LogP contribution in [0.1, 0.15) is 48.1 Å². The number of aryl methyl sites for hydroxylation is 2. The van der Waals surface area contributed by atoms with Crippen LogP contribution in [0.15, 0.2) is 36.4 Å². The Labute approximate surface area is 177 Å². The van der Waals surface area contributed by atoms with Crippen LogP contribution in [0.3, 0.4) is 0 Å². The van der Waals surface area contributed by atoms with Crippen molar-refractivity contribution in [2.75, 3.05) is 18.4 Å². The molecule has 0 bridgehead atoms. The van der Waals surface area contributed by atoms with Crippen molar-refractivity contribution in [3.63, 3.8) is 0 Å². The SMILES string of the molecule is CCC(Nc1cc(C)cc(CN2CC[C@@H](OC(=O)O)C2)c1)c1ccc(Cl)c(C)c1. The summed E-state index contributed by atoms with van der Waals surface area (Å²) in [6.45, 7) is 8.57. The Morgan fingerprint density at radius 1 is 1.31 bits per heavy atom. The van der Waals surface area contributed by atoms with Gasteiger partial charge in [-0.3, -0.25) is 4.90 Å². The first-order valence-electron chi connectivity index (χ1n) is 10.1. The van der Waals surface area contributed by atoms with Gasteiger partial charge in [0.15, 0.2) is 0 Å². The molecule has 2 N–H and O–H groups in total. The lowest BCUT2D eigenvalue weighted by Crippen LogP contribution is -2.24. The summed E-state index contributed by atoms with van der Waals surface area (Å²) in [7, 11) is 0. The van der Waals surface area contributed by atoms with Gasteiger partial charge in [0.25, 0.3) is 0 Å². The summed E-state index contributed by atoms with van der Waals surface area (Å²) in [5.41, 5.74) is 5.82. The molecule has 0 saturated carbocycles. The van der Waals surface area contributed by atoms with E-state index in [1.54, 1.807) is 0 Å². The Balaban J connectivity index is 1.69. The smallest absolute Gasteiger partial charge is 0.450 e. The van der Waals surface area contributed by atoms with Gasteiger partial charge in [0.1, 0.15) is 6.10 Å². The van der Waals surface area contributed by atoms with Crippen LogP contribution in [-0.4, -0.2) is 35.4 Å². The van der Waals surface area contributed by atoms with Crippen molar-refractivity contribution in [1.82, 2.24) is 4.90 Å². The van der Waals surface area contributed by atoms with Crippen LogP contribution in [0.2, 0.25) is 5.02 Å². The minimum Gasteiger partial charge on any atom is -0.450 e. The van der Waals surface area contributed by atoms with Crippen LogP contribution in [0, 0.1) is 13.8 Å². The monoisotopic (exact) mass is 416 g/mol. The van der Waals surface area contributed by atoms with Gasteiger partial charge in [-0.25, -0.2) is 4.79 Å². The van der Waals surface area contributed by atoms with Gasteiger partial charge in [-0.1, -0.05) is 36.7 Å². The quantitative estimate of drug-likeness (QED) is 0.559. The third kappa shape index (κ3) is 5.87. The maximum Gasteiger partial charge on any atom is 0.506 e. The highest BCUT2D eigenvalue weighted by Gasteiger charge is 2.25. The number of carboxylic acid groups (broad SMARTS) is 1. The van der Waals surface area contributed by atoms with Gasteiger partial charge in [0.05, 0.1) is 6.04 Å². The fourth-order valence-electron chi connectivity index (χ4n) is 3.98. The zero-order chi connectivity index (χ0) is 21.0. The molecule has 5 nitrogen and oxygen atoms in total. The predicted octanol–water partition coefficient (Wildman–Crippen LogP) is 5.79. The van der Waals surface area contributed by atoms with Gasteiger partial charge in [0, 0.05) is 30.3 Å². The molecule has 0 spiro atoms. The van der Waals surface area contributed by atoms with Gasteiger partial charge in [-0.2, -0.15) is 0 Å². The van der Waals surface area contributed by atoms with Crippen LogP contribution >= 0.6 is 11.6 Å². The van der Waals surface area contributed by atoms with Gasteiger partial charge >= 0.3 is 6.16 Å². The van der Waals surface area contributed by atoms with Crippen LogP contribution in [-0.2, 0) is 11.3 Å². The van der Waals surface area contributed by atoms with Crippen LogP contribution in [0.5, 0.6) is 0 Å². The van der Waals surface area contributed by atoms with E-state index in [0.717, 1.165) is 42.2 Å². The molecule has 0 radical (unpaired) electrons. The maximum absolute atomic E-state index is 10.7. The number of rotatable bonds is 7. The highest BCUT2D eigenvalue weighted by atomic mass is 35.5. The molecule has 156 valence electrons. The molecule has 0 amide bonds. The number of ether oxygens (including phenoxy) is 1. The summed E-state index contributed by atoms with van der Waals surface area (Å²) in [5.74, 6) is 0. The van der Waals surface area contributed by atoms with Crippen molar-refractivity contribution < 1.29 is 14.6 Å². The van der Waals surface area contributed by atoms with Crippen molar-refractivity contribution in [2.45, 2.75) is 52.3 Å². The first kappa shape index (κ1) is 21.5. The molecule has 0 aromatic heterocycles. The minimum atomic E-state index is -1.19. The Kier molecular flexibility index (Phi) is 7.04. The molecular formula is C23H29ClN2O3. The Hall–Kier alpha value is -2.24. The normalized spacial score (nSPS) is 17.9. The predicted molar refractivity (Wildman–Crippen MR) is 117 cm³/mol. The molecule has 29 heavy (non-hydrogen) atoms. The molecule has 6 heteroatoms. The number of nitrogens with one attached hydrogen (secondary N) is 1. The molecule has 1 fully saturated rings. The van der Waals surface area contributed by atoms with E-state index in [-0.39, 0.29) is 12.1 Å². The van der Waals surface area contributed by atoms with Gasteiger partial charge < -0.3 is 15.2 Å². The van der Waals surface area contributed by atoms with E-state index >= 15 is 0 Å². The number of carbonyl (C=O) groups is 1. The summed E-state index contributed by atoms with van der Waals surface area (Å²) in [6.07, 6.45) is 0.288. The molecule has 3 rings (SSSR count). The topological polar surface area (TPSA) is 61.8 Å². The average Bonchev–Trinajstić information content (AvgIpc) is 3.07. The van der Waals surface area contributed by atoms with Crippen molar-refractivity contribution in [3.8, 4) is 0 Å². The fraction of sp³-hybridized carbons (Fsp3) is 0.435. The zero-order valence-corrected chi connectivity index (χ0v) is 18.0. The van der Waals surface area contributed by atoms with Crippen LogP contribution in [0.4, 0.5) is 10.5 Å². The minimum absolute atomic E-state index is 0.209. The van der Waals surface area contributed by atoms with E-state index in [0.29, 0.717) is 6.54 Å². The van der Waals surface area contributed by atoms with Crippen LogP contribution in [0.25, 0.3) is 0 Å². The number of hydrogen-bond donors (Lipinski definition) is 2. The third-order valence-electron chi connectivity index (χ3n) is 5.37. The van der Waals surface area contributed by atoms with E-state index in [1.165, 1.54) is 16.7 Å². The number of benzene rings is 2. The molecule has 0 aliphatic carbocycles. The summed E-state index contributed by atoms with van der Waals surface area (Å²) in [5, 5.41) is 13.3. The van der Waals surface area contributed by atoms with E-state index in [4.69, 9.17) is 21.4 Å². The lowest BCUT2D eigenvalue weighted by Gasteiger charge is -2.22. The standard InChI is InChI=1S/C23H29ClN2O3/c1-4-22(18-5-6-21(24)16(3)11-18)25-19-10-15(2)9-17(12-19)13-26-8-7-20(14-26)29-23(27)28/h5-6,9-12,20,22,25H,4,7-8,13-14H2,1-3H3,(H,27,28)/t20-,22?/m1/s1. The molecular weight excluding hydrogens is 388 g/mol. The summed E-state index contributed by atoms with van der Waals surface area (Å²) in [6, 6.07) is 12.9. The van der Waals surface area contributed by atoms with Crippen molar-refractivity contribution >= 4 is 23.4 Å². The largest absolute Gasteiger partial charge is 0.506 e. The molecule has 1 unspecified atom stereocenters. The second-order valence-electron chi connectivity index (χ2n) is 7.85. The van der Waals surface area contributed by atoms with Crippen molar-refractivity contribution in [3.05, 3.63) is 63.7 Å². The van der Waals surface area contributed by atoms with E-state index in [2.05, 4.69) is 54.4 Å². The first-order chi connectivity index (χ1) is 13.8. The Morgan fingerprint density at radius 2 is 2.10 bits per heavy atom. The van der Waals surface area contributed by atoms with Crippen molar-refractivity contribution in [2.24, 2.45) is 0 Å². The third-order valence-corrected chi connectivity index (χ3v) is 5.80. The second kappa shape index (κ2) is 9.51. The summed E-state index contributed by atoms with van der Waals surface area (Å²) in [4.78, 5) is 13.0. The lowest BCUT2D eigenvalue weighted by atomic mass is 10.0. The number of nitrogens with zero attached hydrogens (tertiary/aromatic N) is 1. The average molecular weight is 417 g/mol. The molecule has 1 saturated heterocycles. The number of hydrogen-bond acceptors (Lipinski definition) is 4. The Bertz CT molecular complexity index is 871. The second-order valence-corrected chi connectivity index (χ2v) is 8.26. The maximum atomic E-state index is 10.7. The molecule has 2 aromatic rings. The lowest BCUT2D eigenvalue weighted by molar-refractivity contribution is 0.0548. The van der Waals surface area contributed by atoms with Gasteiger partial charge in [-0.15, -0.1) is 0 Å². The fourth-order valence-corrected chi connectivity index (χ4v) is 4.10. The molecule has 1 aliphatic rings. The molecule has 1 aliphatic heterocycles. The summed E-state index contributed by atoms with van der Waals surface area (Å²) >= 11 is 6.18. The Morgan fingerprint density at radius 3 is 2.79 bits per heavy atom. The number of likely N-dealkylation sites (tertiary alicyclic amines) is 1. The van der Waals surface area contributed by atoms with E-state index in [1.807, 2.05) is 13.0 Å². The molecule has 1 heterocycles.